The van der Waals surface area contributed by atoms with Crippen molar-refractivity contribution >= 4 is 23.2 Å². The van der Waals surface area contributed by atoms with E-state index in [-0.39, 0.29) is 36.3 Å². The maximum Gasteiger partial charge on any atom is 0.255 e. The van der Waals surface area contributed by atoms with Gasteiger partial charge in [-0.05, 0) is 56.5 Å². The van der Waals surface area contributed by atoms with Crippen molar-refractivity contribution < 1.29 is 39.2 Å². The van der Waals surface area contributed by atoms with Crippen LogP contribution in [-0.4, -0.2) is 107 Å². The van der Waals surface area contributed by atoms with Gasteiger partial charge in [-0.25, -0.2) is 4.39 Å². The molecule has 40 heavy (non-hydrogen) atoms. The number of anilines is 1. The third-order valence-electron chi connectivity index (χ3n) is 8.83. The first-order valence-electron chi connectivity index (χ1n) is 13.3. The molecule has 1 heterocycles. The van der Waals surface area contributed by atoms with Gasteiger partial charge in [-0.3, -0.25) is 24.2 Å². The van der Waals surface area contributed by atoms with Gasteiger partial charge in [0, 0.05) is 50.9 Å². The minimum absolute atomic E-state index is 0.0132. The number of aliphatic hydroxyl groups is 3. The first kappa shape index (κ1) is 28.1. The molecule has 3 aliphatic carbocycles. The van der Waals surface area contributed by atoms with Crippen LogP contribution in [0.5, 0.6) is 5.75 Å². The third kappa shape index (κ3) is 3.92. The summed E-state index contributed by atoms with van der Waals surface area (Å²) in [5.41, 5.74) is 3.58. The number of aromatic hydroxyl groups is 1. The Morgan fingerprint density at radius 2 is 1.88 bits per heavy atom. The fourth-order valence-corrected chi connectivity index (χ4v) is 7.22. The molecule has 0 saturated carbocycles. The van der Waals surface area contributed by atoms with E-state index in [1.807, 2.05) is 9.80 Å². The Morgan fingerprint density at radius 1 is 1.20 bits per heavy atom. The van der Waals surface area contributed by atoms with Crippen molar-refractivity contribution in [1.29, 1.82) is 0 Å². The molecule has 1 aromatic rings. The SMILES string of the molecule is CN(C)c1c(CN2CC[C@@H](F)C2)cc(O)c2c1C[C@H]1C[C@H]3[C@H](N(C)C)C(O)=C(C(N)=O)C(=O)[C@@]3(O)C(O)=C1C2=O. The molecule has 5 atom stereocenters. The largest absolute Gasteiger partial charge is 0.510 e. The van der Waals surface area contributed by atoms with Crippen molar-refractivity contribution in [3.05, 3.63) is 45.4 Å². The monoisotopic (exact) mass is 558 g/mol. The van der Waals surface area contributed by atoms with Crippen LogP contribution in [0.25, 0.3) is 0 Å². The number of ketones is 2. The number of halogens is 1. The zero-order valence-corrected chi connectivity index (χ0v) is 22.9. The van der Waals surface area contributed by atoms with E-state index in [4.69, 9.17) is 5.73 Å². The van der Waals surface area contributed by atoms with Gasteiger partial charge in [-0.15, -0.1) is 0 Å². The highest BCUT2D eigenvalue weighted by Gasteiger charge is 2.63. The number of carbonyl (C=O) groups is 3. The summed E-state index contributed by atoms with van der Waals surface area (Å²) in [7, 11) is 6.78. The van der Waals surface area contributed by atoms with Crippen LogP contribution in [0.2, 0.25) is 0 Å². The maximum absolute atomic E-state index is 13.9. The molecule has 1 amide bonds. The molecule has 216 valence electrons. The van der Waals surface area contributed by atoms with Gasteiger partial charge in [0.2, 0.25) is 5.78 Å². The topological polar surface area (TPSA) is 168 Å². The minimum atomic E-state index is -2.68. The van der Waals surface area contributed by atoms with E-state index in [2.05, 4.69) is 0 Å². The molecule has 1 saturated heterocycles. The number of Topliss-reactive ketones (excluding diaryl/α,β-unsaturated/α-hetero) is 2. The van der Waals surface area contributed by atoms with Crippen molar-refractivity contribution in [1.82, 2.24) is 9.80 Å². The lowest BCUT2D eigenvalue weighted by Gasteiger charge is -2.50. The average molecular weight is 559 g/mol. The lowest BCUT2D eigenvalue weighted by atomic mass is 9.58. The van der Waals surface area contributed by atoms with E-state index in [1.54, 1.807) is 28.2 Å². The fraction of sp³-hybridized carbons (Fsp3) is 0.536. The molecule has 12 heteroatoms. The molecule has 0 radical (unpaired) electrons. The summed E-state index contributed by atoms with van der Waals surface area (Å²) in [6, 6.07) is 0.415. The molecule has 11 nitrogen and oxygen atoms in total. The molecule has 1 aliphatic heterocycles. The van der Waals surface area contributed by atoms with Gasteiger partial charge in [0.15, 0.2) is 11.4 Å². The second-order valence-corrected chi connectivity index (χ2v) is 11.7. The number of phenolic OH excluding ortho intramolecular Hbond substituents is 1. The van der Waals surface area contributed by atoms with Crippen LogP contribution in [0, 0.1) is 11.8 Å². The van der Waals surface area contributed by atoms with E-state index in [0.29, 0.717) is 30.8 Å². The number of nitrogens with two attached hydrogens (primary N) is 1. The summed E-state index contributed by atoms with van der Waals surface area (Å²) in [5.74, 6) is -6.85. The fourth-order valence-electron chi connectivity index (χ4n) is 7.22. The Hall–Kier alpha value is -3.48. The Morgan fingerprint density at radius 3 is 2.42 bits per heavy atom. The molecule has 1 aromatic carbocycles. The zero-order chi connectivity index (χ0) is 29.4. The number of fused-ring (bicyclic) bond motifs is 3. The number of allylic oxidation sites excluding steroid dienone is 1. The number of nitrogens with zero attached hydrogens (tertiary/aromatic N) is 3. The van der Waals surface area contributed by atoms with Gasteiger partial charge in [0.1, 0.15) is 29.0 Å². The second kappa shape index (κ2) is 9.57. The maximum atomic E-state index is 13.9. The van der Waals surface area contributed by atoms with E-state index in [1.165, 1.54) is 11.0 Å². The summed E-state index contributed by atoms with van der Waals surface area (Å²) < 4.78 is 13.9. The molecule has 4 aliphatic rings. The number of hydrogen-bond donors (Lipinski definition) is 5. The number of hydrogen-bond acceptors (Lipinski definition) is 10. The van der Waals surface area contributed by atoms with Gasteiger partial charge >= 0.3 is 0 Å². The number of likely N-dealkylation sites (N-methyl/N-ethyl adjacent to an activating group) is 1. The van der Waals surface area contributed by atoms with Gasteiger partial charge < -0.3 is 31.1 Å². The Kier molecular flexibility index (Phi) is 6.71. The number of amides is 1. The Labute approximate surface area is 231 Å². The van der Waals surface area contributed by atoms with Crippen molar-refractivity contribution in [2.75, 3.05) is 46.2 Å². The first-order chi connectivity index (χ1) is 18.7. The number of benzene rings is 1. The van der Waals surface area contributed by atoms with Crippen LogP contribution < -0.4 is 10.6 Å². The highest BCUT2D eigenvalue weighted by Crippen LogP contribution is 2.53. The number of alkyl halides is 1. The highest BCUT2D eigenvalue weighted by atomic mass is 19.1. The molecule has 0 aromatic heterocycles. The summed E-state index contributed by atoms with van der Waals surface area (Å²) in [4.78, 5) is 44.8. The standard InChI is InChI=1S/C28H35FN4O7/c1-31(2)21-13(10-33-6-5-14(29)11-33)9-17(34)19-15(21)7-12-8-16-22(32(3)4)24(36)20(27(30)39)26(38)28(16,40)25(37)18(12)23(19)35/h9,12,14,16,22,34,36-37,40H,5-8,10-11H2,1-4H3,(H2,30,39)/t12-,14+,16-,22-,28-/m0/s1. The second-order valence-electron chi connectivity index (χ2n) is 11.7. The molecule has 5 rings (SSSR count). The normalized spacial score (nSPS) is 30.5. The van der Waals surface area contributed by atoms with Crippen molar-refractivity contribution in [3.63, 3.8) is 0 Å². The molecule has 1 fully saturated rings. The van der Waals surface area contributed by atoms with E-state index in [0.717, 1.165) is 5.56 Å². The molecule has 0 bridgehead atoms. The quantitative estimate of drug-likeness (QED) is 0.325. The van der Waals surface area contributed by atoms with Gasteiger partial charge in [0.05, 0.1) is 11.6 Å². The lowest BCUT2D eigenvalue weighted by molar-refractivity contribution is -0.148. The van der Waals surface area contributed by atoms with Crippen molar-refractivity contribution in [2.24, 2.45) is 17.6 Å². The Balaban J connectivity index is 1.67. The van der Waals surface area contributed by atoms with Crippen LogP contribution in [0.4, 0.5) is 10.1 Å². The molecule has 0 unspecified atom stereocenters. The van der Waals surface area contributed by atoms with Crippen molar-refractivity contribution in [3.8, 4) is 5.75 Å². The Bertz CT molecular complexity index is 1390. The van der Waals surface area contributed by atoms with E-state index < -0.39 is 64.2 Å². The van der Waals surface area contributed by atoms with Crippen molar-refractivity contribution in [2.45, 2.75) is 43.6 Å². The number of likely N-dealkylation sites (tertiary alicyclic amines) is 1. The molecular formula is C28H35FN4O7. The van der Waals surface area contributed by atoms with Gasteiger partial charge in [-0.1, -0.05) is 0 Å². The van der Waals surface area contributed by atoms with Crippen LogP contribution in [-0.2, 0) is 22.6 Å². The highest BCUT2D eigenvalue weighted by molar-refractivity contribution is 6.24. The molecule has 0 spiro atoms. The smallest absolute Gasteiger partial charge is 0.255 e. The van der Waals surface area contributed by atoms with Gasteiger partial charge in [0.25, 0.3) is 5.91 Å². The van der Waals surface area contributed by atoms with E-state index in [9.17, 15) is 39.2 Å². The molecule has 6 N–H and O–H groups in total. The predicted octanol–water partition coefficient (Wildman–Crippen LogP) is 0.730. The number of primary amides is 1. The predicted molar refractivity (Wildman–Crippen MR) is 143 cm³/mol. The number of aliphatic hydroxyl groups excluding tert-OH is 2. The minimum Gasteiger partial charge on any atom is -0.510 e. The molecular weight excluding hydrogens is 523 g/mol. The summed E-state index contributed by atoms with van der Waals surface area (Å²) in [6.45, 7) is 1.21. The number of rotatable bonds is 5. The lowest BCUT2D eigenvalue weighted by Crippen LogP contribution is -2.63. The van der Waals surface area contributed by atoms with E-state index >= 15 is 0 Å². The van der Waals surface area contributed by atoms with Crippen LogP contribution in [0.1, 0.15) is 34.3 Å². The number of carbonyl (C=O) groups excluding carboxylic acids is 3. The first-order valence-corrected chi connectivity index (χ1v) is 13.3. The third-order valence-corrected chi connectivity index (χ3v) is 8.83. The summed E-state index contributed by atoms with van der Waals surface area (Å²) >= 11 is 0. The van der Waals surface area contributed by atoms with Crippen LogP contribution >= 0.6 is 0 Å². The number of phenols is 1. The zero-order valence-electron chi connectivity index (χ0n) is 22.9. The average Bonchev–Trinajstić information content (AvgIpc) is 3.24. The van der Waals surface area contributed by atoms with Crippen LogP contribution in [0.15, 0.2) is 28.7 Å². The summed E-state index contributed by atoms with van der Waals surface area (Å²) in [5, 5.41) is 45.1. The summed E-state index contributed by atoms with van der Waals surface area (Å²) in [6.07, 6.45) is -0.290. The van der Waals surface area contributed by atoms with Crippen LogP contribution in [0.3, 0.4) is 0 Å². The van der Waals surface area contributed by atoms with Gasteiger partial charge in [-0.2, -0.15) is 0 Å².